The molecule has 1 aromatic rings. The first kappa shape index (κ1) is 31.8. The number of hydrogen-bond acceptors (Lipinski definition) is 0. The zero-order valence-corrected chi connectivity index (χ0v) is 26.5. The van der Waals surface area contributed by atoms with Crippen molar-refractivity contribution in [3.05, 3.63) is 42.0 Å². The molecule has 34 heavy (non-hydrogen) atoms. The molecule has 0 radical (unpaired) electrons. The van der Waals surface area contributed by atoms with E-state index in [2.05, 4.69) is 63.3 Å². The summed E-state index contributed by atoms with van der Waals surface area (Å²) in [5, 5.41) is 0. The molecule has 0 bridgehead atoms. The summed E-state index contributed by atoms with van der Waals surface area (Å²) < 4.78 is 6.46. The normalized spacial score (nSPS) is 12.1. The molecule has 0 aromatic heterocycles. The second-order valence-corrected chi connectivity index (χ2v) is 25.1. The molecule has 0 aliphatic rings. The van der Waals surface area contributed by atoms with Gasteiger partial charge in [0.05, 0.1) is 0 Å². The Morgan fingerprint density at radius 1 is 0.500 bits per heavy atom. The van der Waals surface area contributed by atoms with Gasteiger partial charge in [-0.25, -0.2) is 0 Å². The zero-order chi connectivity index (χ0) is 24.6. The molecular weight excluding hydrogens is 515 g/mol. The van der Waals surface area contributed by atoms with Gasteiger partial charge in [-0.1, -0.05) is 0 Å². The van der Waals surface area contributed by atoms with Gasteiger partial charge in [-0.05, 0) is 0 Å². The third-order valence-corrected chi connectivity index (χ3v) is 23.1. The third-order valence-electron chi connectivity index (χ3n) is 7.84. The Balaban J connectivity index is 2.73. The van der Waals surface area contributed by atoms with Gasteiger partial charge >= 0.3 is 221 Å². The molecule has 1 aromatic carbocycles. The van der Waals surface area contributed by atoms with Crippen molar-refractivity contribution in [1.82, 2.24) is 0 Å². The first-order valence-corrected chi connectivity index (χ1v) is 23.5. The molecule has 196 valence electrons. The summed E-state index contributed by atoms with van der Waals surface area (Å²) in [5.41, 5.74) is 1.39. The molecule has 0 atom stereocenters. The van der Waals surface area contributed by atoms with E-state index in [-0.39, 0.29) is 0 Å². The number of rotatable bonds is 24. The van der Waals surface area contributed by atoms with Crippen LogP contribution in [0.5, 0.6) is 0 Å². The van der Waals surface area contributed by atoms with Crippen LogP contribution >= 0.6 is 0 Å². The van der Waals surface area contributed by atoms with E-state index in [1.54, 1.807) is 13.3 Å². The minimum absolute atomic E-state index is 1.36. The van der Waals surface area contributed by atoms with E-state index >= 15 is 0 Å². The van der Waals surface area contributed by atoms with Crippen molar-refractivity contribution >= 4 is 24.5 Å². The van der Waals surface area contributed by atoms with Crippen LogP contribution in [0.3, 0.4) is 0 Å². The van der Waals surface area contributed by atoms with Gasteiger partial charge in [0, 0.05) is 0 Å². The molecule has 0 aliphatic heterocycles. The molecule has 0 fully saturated rings. The number of allylic oxidation sites excluding steroid dienone is 1. The Bertz CT molecular complexity index is 520. The SMILES string of the molecule is CCCCCCC[CH2][Sn]([CH2]C=Cc1ccccc1)([CH2]CCCCCCC)[CH2]CCCCCCC. The number of benzene rings is 1. The fourth-order valence-electron chi connectivity index (χ4n) is 5.53. The van der Waals surface area contributed by atoms with Crippen LogP contribution in [0.4, 0.5) is 0 Å². The maximum atomic E-state index is 2.62. The predicted molar refractivity (Wildman–Crippen MR) is 161 cm³/mol. The van der Waals surface area contributed by atoms with Crippen molar-refractivity contribution in [2.45, 2.75) is 154 Å². The summed E-state index contributed by atoms with van der Waals surface area (Å²) in [4.78, 5) is 0. The minimum atomic E-state index is -2.15. The van der Waals surface area contributed by atoms with Crippen LogP contribution in [0, 0.1) is 0 Å². The van der Waals surface area contributed by atoms with Crippen molar-refractivity contribution in [2.75, 3.05) is 0 Å². The second kappa shape index (κ2) is 23.2. The molecule has 0 aliphatic carbocycles. The van der Waals surface area contributed by atoms with Gasteiger partial charge < -0.3 is 0 Å². The van der Waals surface area contributed by atoms with Crippen LogP contribution in [-0.4, -0.2) is 18.4 Å². The number of hydrogen-bond donors (Lipinski definition) is 0. The summed E-state index contributed by atoms with van der Waals surface area (Å²) in [6.45, 7) is 7.00. The van der Waals surface area contributed by atoms with Gasteiger partial charge in [-0.2, -0.15) is 0 Å². The quantitative estimate of drug-likeness (QED) is 0.0850. The van der Waals surface area contributed by atoms with E-state index in [1.807, 2.05) is 0 Å². The molecule has 0 N–H and O–H groups in total. The van der Waals surface area contributed by atoms with E-state index in [4.69, 9.17) is 0 Å². The van der Waals surface area contributed by atoms with Crippen molar-refractivity contribution in [1.29, 1.82) is 0 Å². The molecule has 0 spiro atoms. The molecular formula is C33H60Sn. The van der Waals surface area contributed by atoms with Gasteiger partial charge in [0.2, 0.25) is 0 Å². The molecule has 0 saturated carbocycles. The standard InChI is InChI=1S/C9H9.3C8H17.Sn/c1-2-6-9-7-4-3-5-8-9;3*1-3-5-7-8-6-4-2;/h2-8H,1H2;3*1,3-8H2,2H3;. The van der Waals surface area contributed by atoms with E-state index in [0.29, 0.717) is 0 Å². The summed E-state index contributed by atoms with van der Waals surface area (Å²) in [7, 11) is 0. The van der Waals surface area contributed by atoms with Crippen LogP contribution in [0.2, 0.25) is 17.7 Å². The fourth-order valence-corrected chi connectivity index (χ4v) is 19.7. The van der Waals surface area contributed by atoms with E-state index in [9.17, 15) is 0 Å². The van der Waals surface area contributed by atoms with Crippen LogP contribution in [0.15, 0.2) is 36.4 Å². The molecule has 1 heteroatoms. The molecule has 0 amide bonds. The average Bonchev–Trinajstić information content (AvgIpc) is 2.86. The van der Waals surface area contributed by atoms with Gasteiger partial charge in [-0.15, -0.1) is 0 Å². The third kappa shape index (κ3) is 17.2. The summed E-state index contributed by atoms with van der Waals surface area (Å²) in [5.74, 6) is 0. The van der Waals surface area contributed by atoms with Crippen LogP contribution in [-0.2, 0) is 0 Å². The maximum absolute atomic E-state index is 2.62. The van der Waals surface area contributed by atoms with Gasteiger partial charge in [0.1, 0.15) is 0 Å². The van der Waals surface area contributed by atoms with E-state index in [0.717, 1.165) is 0 Å². The van der Waals surface area contributed by atoms with E-state index < -0.39 is 18.4 Å². The Morgan fingerprint density at radius 3 is 1.29 bits per heavy atom. The first-order chi connectivity index (χ1) is 16.8. The Labute approximate surface area is 219 Å². The summed E-state index contributed by atoms with van der Waals surface area (Å²) in [6.07, 6.45) is 31.3. The monoisotopic (exact) mass is 576 g/mol. The van der Waals surface area contributed by atoms with Crippen LogP contribution in [0.25, 0.3) is 6.08 Å². The molecule has 1 rings (SSSR count). The van der Waals surface area contributed by atoms with Crippen molar-refractivity contribution in [2.24, 2.45) is 0 Å². The topological polar surface area (TPSA) is 0 Å². The Hall–Kier alpha value is -0.241. The molecule has 0 saturated heterocycles. The molecule has 0 unspecified atom stereocenters. The predicted octanol–water partition coefficient (Wildman–Crippen LogP) is 12.2. The zero-order valence-electron chi connectivity index (χ0n) is 23.6. The van der Waals surface area contributed by atoms with Crippen LogP contribution < -0.4 is 0 Å². The summed E-state index contributed by atoms with van der Waals surface area (Å²) >= 11 is -2.15. The van der Waals surface area contributed by atoms with Crippen molar-refractivity contribution < 1.29 is 0 Å². The average molecular weight is 576 g/mol. The van der Waals surface area contributed by atoms with E-state index in [1.165, 1.54) is 126 Å². The van der Waals surface area contributed by atoms with Crippen molar-refractivity contribution in [3.63, 3.8) is 0 Å². The van der Waals surface area contributed by atoms with Gasteiger partial charge in [0.25, 0.3) is 0 Å². The van der Waals surface area contributed by atoms with Gasteiger partial charge in [0.15, 0.2) is 0 Å². The summed E-state index contributed by atoms with van der Waals surface area (Å²) in [6, 6.07) is 11.0. The number of unbranched alkanes of at least 4 members (excludes halogenated alkanes) is 15. The van der Waals surface area contributed by atoms with Gasteiger partial charge in [-0.3, -0.25) is 0 Å². The molecule has 0 nitrogen and oxygen atoms in total. The fraction of sp³-hybridized carbons (Fsp3) is 0.758. The second-order valence-electron chi connectivity index (χ2n) is 11.1. The van der Waals surface area contributed by atoms with Crippen molar-refractivity contribution in [3.8, 4) is 0 Å². The molecule has 0 heterocycles. The first-order valence-electron chi connectivity index (χ1n) is 15.5. The van der Waals surface area contributed by atoms with Crippen LogP contribution in [0.1, 0.15) is 142 Å². The Morgan fingerprint density at radius 2 is 0.882 bits per heavy atom. The Kier molecular flexibility index (Phi) is 21.7.